The van der Waals surface area contributed by atoms with Crippen LogP contribution in [-0.2, 0) is 25.9 Å². The minimum atomic E-state index is 0.344. The molecule has 0 unspecified atom stereocenters. The molecule has 0 radical (unpaired) electrons. The minimum Gasteiger partial charge on any atom is -0.419 e. The van der Waals surface area contributed by atoms with Gasteiger partial charge in [-0.15, -0.1) is 10.2 Å². The molecule has 2 aromatic heterocycles. The summed E-state index contributed by atoms with van der Waals surface area (Å²) in [5, 5.41) is 16.3. The lowest BCUT2D eigenvalue weighted by atomic mass is 10.1. The van der Waals surface area contributed by atoms with Gasteiger partial charge < -0.3 is 9.73 Å². The first-order valence-corrected chi connectivity index (χ1v) is 8.35. The summed E-state index contributed by atoms with van der Waals surface area (Å²) in [6, 6.07) is 10.1. The van der Waals surface area contributed by atoms with Crippen LogP contribution in [-0.4, -0.2) is 31.0 Å². The van der Waals surface area contributed by atoms with Crippen molar-refractivity contribution in [2.75, 3.05) is 0 Å². The Morgan fingerprint density at radius 1 is 1.25 bits per heavy atom. The Labute approximate surface area is 140 Å². The Balaban J connectivity index is 1.37. The predicted octanol–water partition coefficient (Wildman–Crippen LogP) is 2.00. The third-order valence-electron chi connectivity index (χ3n) is 4.25. The van der Waals surface area contributed by atoms with E-state index in [1.54, 1.807) is 0 Å². The molecule has 3 aromatic rings. The van der Waals surface area contributed by atoms with Crippen molar-refractivity contribution in [1.29, 1.82) is 0 Å². The fourth-order valence-corrected chi connectivity index (χ4v) is 2.93. The van der Waals surface area contributed by atoms with Crippen LogP contribution in [0.2, 0.25) is 0 Å². The molecule has 1 aromatic carbocycles. The summed E-state index contributed by atoms with van der Waals surface area (Å²) in [4.78, 5) is 4.54. The van der Waals surface area contributed by atoms with Crippen LogP contribution in [0.5, 0.6) is 0 Å². The highest BCUT2D eigenvalue weighted by molar-refractivity contribution is 5.51. The third-order valence-corrected chi connectivity index (χ3v) is 4.25. The summed E-state index contributed by atoms with van der Waals surface area (Å²) in [5.41, 5.74) is 0.938. The zero-order chi connectivity index (χ0) is 16.4. The van der Waals surface area contributed by atoms with Crippen molar-refractivity contribution in [1.82, 2.24) is 30.3 Å². The molecule has 24 heavy (non-hydrogen) atoms. The fourth-order valence-electron chi connectivity index (χ4n) is 2.93. The molecule has 0 saturated heterocycles. The van der Waals surface area contributed by atoms with Gasteiger partial charge in [0, 0.05) is 24.4 Å². The molecule has 0 fully saturated rings. The Morgan fingerprint density at radius 2 is 2.12 bits per heavy atom. The second-order valence-electron chi connectivity index (χ2n) is 5.96. The van der Waals surface area contributed by atoms with Crippen molar-refractivity contribution in [3.8, 4) is 11.5 Å². The van der Waals surface area contributed by atoms with Crippen LogP contribution < -0.4 is 5.32 Å². The van der Waals surface area contributed by atoms with Crippen molar-refractivity contribution < 1.29 is 4.42 Å². The normalized spacial score (nSPS) is 17.0. The molecule has 0 saturated carbocycles. The highest BCUT2D eigenvalue weighted by atomic mass is 16.4. The van der Waals surface area contributed by atoms with Crippen LogP contribution in [0.1, 0.15) is 30.9 Å². The van der Waals surface area contributed by atoms with E-state index in [0.717, 1.165) is 43.0 Å². The number of rotatable bonds is 5. The van der Waals surface area contributed by atoms with E-state index < -0.39 is 0 Å². The van der Waals surface area contributed by atoms with Gasteiger partial charge in [-0.05, 0) is 18.6 Å². The molecule has 0 amide bonds. The first kappa shape index (κ1) is 15.0. The Morgan fingerprint density at radius 3 is 2.96 bits per heavy atom. The number of fused-ring (bicyclic) bond motifs is 1. The van der Waals surface area contributed by atoms with Gasteiger partial charge in [0.15, 0.2) is 5.82 Å². The lowest BCUT2D eigenvalue weighted by Crippen LogP contribution is -2.37. The van der Waals surface area contributed by atoms with Crippen LogP contribution in [0.3, 0.4) is 0 Å². The van der Waals surface area contributed by atoms with E-state index in [2.05, 4.69) is 32.5 Å². The molecular weight excluding hydrogens is 304 g/mol. The van der Waals surface area contributed by atoms with Crippen LogP contribution in [0.4, 0.5) is 0 Å². The summed E-state index contributed by atoms with van der Waals surface area (Å²) in [6.07, 6.45) is 2.87. The second kappa shape index (κ2) is 6.52. The van der Waals surface area contributed by atoms with Gasteiger partial charge in [0.1, 0.15) is 5.82 Å². The minimum absolute atomic E-state index is 0.344. The average Bonchev–Trinajstić information content (AvgIpc) is 3.27. The Kier molecular flexibility index (Phi) is 4.08. The third kappa shape index (κ3) is 3.07. The van der Waals surface area contributed by atoms with Crippen molar-refractivity contribution >= 4 is 0 Å². The topological polar surface area (TPSA) is 81.7 Å². The van der Waals surface area contributed by atoms with Gasteiger partial charge in [-0.3, -0.25) is 0 Å². The highest BCUT2D eigenvalue weighted by Crippen LogP contribution is 2.17. The van der Waals surface area contributed by atoms with Crippen molar-refractivity contribution in [2.24, 2.45) is 0 Å². The summed E-state index contributed by atoms with van der Waals surface area (Å²) < 4.78 is 7.75. The number of nitrogens with zero attached hydrogens (tertiary/aromatic N) is 5. The maximum absolute atomic E-state index is 5.73. The average molecular weight is 324 g/mol. The zero-order valence-electron chi connectivity index (χ0n) is 13.6. The second-order valence-corrected chi connectivity index (χ2v) is 5.96. The van der Waals surface area contributed by atoms with Gasteiger partial charge in [0.05, 0.1) is 13.1 Å². The van der Waals surface area contributed by atoms with Gasteiger partial charge in [0.2, 0.25) is 11.8 Å². The fraction of sp³-hybridized carbons (Fsp3) is 0.412. The monoisotopic (exact) mass is 324 g/mol. The van der Waals surface area contributed by atoms with E-state index in [1.807, 2.05) is 35.0 Å². The summed E-state index contributed by atoms with van der Waals surface area (Å²) in [7, 11) is 0. The predicted molar refractivity (Wildman–Crippen MR) is 88.1 cm³/mol. The first-order valence-electron chi connectivity index (χ1n) is 8.35. The SMILES string of the molecule is CCc1nc2n(n1)C[C@H](NCc1nnc(-c3ccccc3)o1)CC2. The van der Waals surface area contributed by atoms with Crippen molar-refractivity contribution in [3.63, 3.8) is 0 Å². The van der Waals surface area contributed by atoms with Gasteiger partial charge in [-0.1, -0.05) is 25.1 Å². The summed E-state index contributed by atoms with van der Waals surface area (Å²) in [5.74, 6) is 3.18. The van der Waals surface area contributed by atoms with Gasteiger partial charge >= 0.3 is 0 Å². The maximum atomic E-state index is 5.73. The van der Waals surface area contributed by atoms with E-state index >= 15 is 0 Å². The molecule has 7 nitrogen and oxygen atoms in total. The van der Waals surface area contributed by atoms with Crippen molar-refractivity contribution in [2.45, 2.75) is 45.3 Å². The zero-order valence-corrected chi connectivity index (χ0v) is 13.6. The Hall–Kier alpha value is -2.54. The smallest absolute Gasteiger partial charge is 0.247 e. The van der Waals surface area contributed by atoms with Crippen LogP contribution in [0, 0.1) is 0 Å². The maximum Gasteiger partial charge on any atom is 0.247 e. The molecule has 1 N–H and O–H groups in total. The van der Waals surface area contributed by atoms with Gasteiger partial charge in [0.25, 0.3) is 0 Å². The number of benzene rings is 1. The van der Waals surface area contributed by atoms with Crippen LogP contribution >= 0.6 is 0 Å². The van der Waals surface area contributed by atoms with Crippen LogP contribution in [0.25, 0.3) is 11.5 Å². The van der Waals surface area contributed by atoms with E-state index in [9.17, 15) is 0 Å². The number of aromatic nitrogens is 5. The molecule has 0 aliphatic carbocycles. The van der Waals surface area contributed by atoms with Crippen molar-refractivity contribution in [3.05, 3.63) is 47.9 Å². The quantitative estimate of drug-likeness (QED) is 0.773. The number of hydrogen-bond donors (Lipinski definition) is 1. The van der Waals surface area contributed by atoms with Crippen LogP contribution in [0.15, 0.2) is 34.7 Å². The number of hydrogen-bond acceptors (Lipinski definition) is 6. The largest absolute Gasteiger partial charge is 0.419 e. The van der Waals surface area contributed by atoms with E-state index in [-0.39, 0.29) is 0 Å². The molecule has 1 atom stereocenters. The molecule has 7 heteroatoms. The van der Waals surface area contributed by atoms with E-state index in [4.69, 9.17) is 4.42 Å². The molecule has 3 heterocycles. The highest BCUT2D eigenvalue weighted by Gasteiger charge is 2.21. The number of aryl methyl sites for hydroxylation is 2. The standard InChI is InChI=1S/C17H20N6O/c1-2-14-19-15-9-8-13(11-23(15)22-14)18-10-16-20-21-17(24-16)12-6-4-3-5-7-12/h3-7,13,18H,2,8-11H2,1H3/t13-/m1/s1. The molecule has 0 bridgehead atoms. The van der Waals surface area contributed by atoms with Gasteiger partial charge in [-0.25, -0.2) is 9.67 Å². The summed E-state index contributed by atoms with van der Waals surface area (Å²) in [6.45, 7) is 3.48. The molecule has 1 aliphatic heterocycles. The molecule has 4 rings (SSSR count). The first-order chi connectivity index (χ1) is 11.8. The molecular formula is C17H20N6O. The van der Waals surface area contributed by atoms with Gasteiger partial charge in [-0.2, -0.15) is 5.10 Å². The van der Waals surface area contributed by atoms with E-state index in [1.165, 1.54) is 0 Å². The number of nitrogens with one attached hydrogen (secondary N) is 1. The Bertz CT molecular complexity index is 810. The molecule has 124 valence electrons. The van der Waals surface area contributed by atoms with E-state index in [0.29, 0.717) is 24.4 Å². The molecule has 0 spiro atoms. The summed E-state index contributed by atoms with van der Waals surface area (Å²) >= 11 is 0. The molecule has 1 aliphatic rings. The lowest BCUT2D eigenvalue weighted by molar-refractivity contribution is 0.342. The lowest BCUT2D eigenvalue weighted by Gasteiger charge is -2.22.